The van der Waals surface area contributed by atoms with Gasteiger partial charge in [-0.2, -0.15) is 0 Å². The molecule has 0 bridgehead atoms. The Morgan fingerprint density at radius 1 is 1.36 bits per heavy atom. The fraction of sp³-hybridized carbons (Fsp3) is 0.421. The highest BCUT2D eigenvalue weighted by atomic mass is 16.4. The van der Waals surface area contributed by atoms with E-state index in [1.165, 1.54) is 0 Å². The normalized spacial score (nSPS) is 20.7. The third-order valence-corrected chi connectivity index (χ3v) is 4.78. The number of rotatable bonds is 6. The van der Waals surface area contributed by atoms with Gasteiger partial charge in [0.2, 0.25) is 5.91 Å². The van der Waals surface area contributed by atoms with E-state index < -0.39 is 17.9 Å². The number of amides is 1. The third kappa shape index (κ3) is 3.90. The standard InChI is InChI=1S/C19H23N3O3/c1-14-4-2-5-15(12-14)18-16(19(24)25)6-7-17(23)22(18)10-3-9-21-11-8-20-13-21/h2,4-5,8,11-13,16,18H,3,6-7,9-10H2,1H3,(H,24,25)/t16-,18-/m1/s1. The van der Waals surface area contributed by atoms with Gasteiger partial charge in [-0.15, -0.1) is 0 Å². The second kappa shape index (κ2) is 7.51. The molecule has 1 N–H and O–H groups in total. The Kier molecular flexibility index (Phi) is 5.16. The van der Waals surface area contributed by atoms with Gasteiger partial charge in [0, 0.05) is 31.9 Å². The van der Waals surface area contributed by atoms with Crippen LogP contribution in [-0.4, -0.2) is 38.0 Å². The SMILES string of the molecule is Cc1cccc([C@@H]2[C@H](C(=O)O)CCC(=O)N2CCCn2ccnc2)c1. The van der Waals surface area contributed by atoms with Gasteiger partial charge in [-0.25, -0.2) is 4.98 Å². The molecule has 1 aliphatic rings. The minimum absolute atomic E-state index is 0.0367. The first-order valence-electron chi connectivity index (χ1n) is 8.61. The predicted octanol–water partition coefficient (Wildman–Crippen LogP) is 2.65. The van der Waals surface area contributed by atoms with Crippen LogP contribution in [0, 0.1) is 12.8 Å². The smallest absolute Gasteiger partial charge is 0.308 e. The van der Waals surface area contributed by atoms with Crippen molar-refractivity contribution < 1.29 is 14.7 Å². The minimum atomic E-state index is -0.835. The van der Waals surface area contributed by atoms with Crippen LogP contribution >= 0.6 is 0 Å². The van der Waals surface area contributed by atoms with E-state index in [4.69, 9.17) is 0 Å². The summed E-state index contributed by atoms with van der Waals surface area (Å²) in [6, 6.07) is 7.41. The molecule has 0 radical (unpaired) electrons. The molecule has 1 fully saturated rings. The molecule has 1 saturated heterocycles. The van der Waals surface area contributed by atoms with Crippen LogP contribution in [0.1, 0.15) is 36.4 Å². The number of aliphatic carboxylic acids is 1. The van der Waals surface area contributed by atoms with Crippen LogP contribution < -0.4 is 0 Å². The molecule has 2 atom stereocenters. The Morgan fingerprint density at radius 3 is 2.88 bits per heavy atom. The predicted molar refractivity (Wildman–Crippen MR) is 92.8 cm³/mol. The molecule has 0 spiro atoms. The van der Waals surface area contributed by atoms with Gasteiger partial charge in [0.15, 0.2) is 0 Å². The fourth-order valence-corrected chi connectivity index (χ4v) is 3.58. The molecular weight excluding hydrogens is 318 g/mol. The van der Waals surface area contributed by atoms with E-state index in [0.717, 1.165) is 24.1 Å². The number of carboxylic acids is 1. The van der Waals surface area contributed by atoms with E-state index in [1.54, 1.807) is 17.4 Å². The van der Waals surface area contributed by atoms with Crippen molar-refractivity contribution in [2.45, 2.75) is 38.8 Å². The number of likely N-dealkylation sites (tertiary alicyclic amines) is 1. The quantitative estimate of drug-likeness (QED) is 0.876. The summed E-state index contributed by atoms with van der Waals surface area (Å²) in [6.45, 7) is 3.27. The van der Waals surface area contributed by atoms with Crippen LogP contribution in [0.15, 0.2) is 43.0 Å². The molecule has 1 aromatic carbocycles. The molecule has 25 heavy (non-hydrogen) atoms. The number of carboxylic acid groups (broad SMARTS) is 1. The molecule has 6 heteroatoms. The van der Waals surface area contributed by atoms with Gasteiger partial charge >= 0.3 is 5.97 Å². The van der Waals surface area contributed by atoms with Crippen molar-refractivity contribution in [3.05, 3.63) is 54.1 Å². The number of aromatic nitrogens is 2. The summed E-state index contributed by atoms with van der Waals surface area (Å²) in [5.41, 5.74) is 1.97. The largest absolute Gasteiger partial charge is 0.481 e. The highest BCUT2D eigenvalue weighted by Gasteiger charge is 2.40. The molecule has 0 unspecified atom stereocenters. The topological polar surface area (TPSA) is 75.4 Å². The van der Waals surface area contributed by atoms with E-state index in [-0.39, 0.29) is 5.91 Å². The van der Waals surface area contributed by atoms with Crippen molar-refractivity contribution in [3.63, 3.8) is 0 Å². The summed E-state index contributed by atoms with van der Waals surface area (Å²) >= 11 is 0. The molecule has 2 heterocycles. The number of benzene rings is 1. The summed E-state index contributed by atoms with van der Waals surface area (Å²) in [7, 11) is 0. The van der Waals surface area contributed by atoms with Gasteiger partial charge in [0.25, 0.3) is 0 Å². The van der Waals surface area contributed by atoms with Crippen LogP contribution in [0.5, 0.6) is 0 Å². The summed E-state index contributed by atoms with van der Waals surface area (Å²) in [5.74, 6) is -1.36. The van der Waals surface area contributed by atoms with Crippen LogP contribution in [0.4, 0.5) is 0 Å². The summed E-state index contributed by atoms with van der Waals surface area (Å²) < 4.78 is 1.96. The maximum Gasteiger partial charge on any atom is 0.308 e. The lowest BCUT2D eigenvalue weighted by Gasteiger charge is -2.40. The van der Waals surface area contributed by atoms with Crippen LogP contribution in [-0.2, 0) is 16.1 Å². The Labute approximate surface area is 147 Å². The fourth-order valence-electron chi connectivity index (χ4n) is 3.58. The van der Waals surface area contributed by atoms with E-state index >= 15 is 0 Å². The summed E-state index contributed by atoms with van der Waals surface area (Å²) in [5, 5.41) is 9.67. The molecule has 3 rings (SSSR count). The lowest BCUT2D eigenvalue weighted by atomic mass is 9.83. The second-order valence-corrected chi connectivity index (χ2v) is 6.58. The first kappa shape index (κ1) is 17.2. The molecule has 1 aliphatic heterocycles. The maximum absolute atomic E-state index is 12.5. The highest BCUT2D eigenvalue weighted by Crippen LogP contribution is 2.37. The Morgan fingerprint density at radius 2 is 2.20 bits per heavy atom. The van der Waals surface area contributed by atoms with Gasteiger partial charge in [0.1, 0.15) is 0 Å². The molecular formula is C19H23N3O3. The average Bonchev–Trinajstić information content (AvgIpc) is 3.09. The molecule has 1 aromatic heterocycles. The first-order valence-corrected chi connectivity index (χ1v) is 8.61. The number of piperidine rings is 1. The number of hydrogen-bond acceptors (Lipinski definition) is 3. The first-order chi connectivity index (χ1) is 12.1. The zero-order chi connectivity index (χ0) is 17.8. The number of nitrogens with zero attached hydrogens (tertiary/aromatic N) is 3. The Bertz CT molecular complexity index is 742. The van der Waals surface area contributed by atoms with Crippen molar-refractivity contribution >= 4 is 11.9 Å². The number of carbonyl (C=O) groups is 2. The number of imidazole rings is 1. The van der Waals surface area contributed by atoms with Crippen molar-refractivity contribution in [3.8, 4) is 0 Å². The molecule has 0 aliphatic carbocycles. The van der Waals surface area contributed by atoms with Crippen LogP contribution in [0.25, 0.3) is 0 Å². The third-order valence-electron chi connectivity index (χ3n) is 4.78. The average molecular weight is 341 g/mol. The zero-order valence-corrected chi connectivity index (χ0v) is 14.3. The minimum Gasteiger partial charge on any atom is -0.481 e. The highest BCUT2D eigenvalue weighted by molar-refractivity contribution is 5.81. The van der Waals surface area contributed by atoms with E-state index in [9.17, 15) is 14.7 Å². The maximum atomic E-state index is 12.5. The number of carbonyl (C=O) groups excluding carboxylic acids is 1. The van der Waals surface area contributed by atoms with Gasteiger partial charge in [0.05, 0.1) is 18.3 Å². The molecule has 0 saturated carbocycles. The second-order valence-electron chi connectivity index (χ2n) is 6.58. The molecule has 1 amide bonds. The van der Waals surface area contributed by atoms with Crippen molar-refractivity contribution in [1.29, 1.82) is 0 Å². The molecule has 2 aromatic rings. The van der Waals surface area contributed by atoms with Crippen molar-refractivity contribution in [2.75, 3.05) is 6.54 Å². The van der Waals surface area contributed by atoms with Gasteiger partial charge in [-0.05, 0) is 25.3 Å². The summed E-state index contributed by atoms with van der Waals surface area (Å²) in [6.07, 6.45) is 6.81. The van der Waals surface area contributed by atoms with Gasteiger partial charge in [-0.3, -0.25) is 9.59 Å². The van der Waals surface area contributed by atoms with Gasteiger partial charge < -0.3 is 14.6 Å². The van der Waals surface area contributed by atoms with E-state index in [1.807, 2.05) is 42.0 Å². The van der Waals surface area contributed by atoms with Crippen LogP contribution in [0.2, 0.25) is 0 Å². The van der Waals surface area contributed by atoms with Crippen LogP contribution in [0.3, 0.4) is 0 Å². The zero-order valence-electron chi connectivity index (χ0n) is 14.3. The Balaban J connectivity index is 1.82. The van der Waals surface area contributed by atoms with E-state index in [2.05, 4.69) is 4.98 Å². The molecule has 6 nitrogen and oxygen atoms in total. The molecule has 132 valence electrons. The number of hydrogen-bond donors (Lipinski definition) is 1. The monoisotopic (exact) mass is 341 g/mol. The van der Waals surface area contributed by atoms with Crippen molar-refractivity contribution in [1.82, 2.24) is 14.5 Å². The van der Waals surface area contributed by atoms with E-state index in [0.29, 0.717) is 19.4 Å². The lowest BCUT2D eigenvalue weighted by molar-refractivity contribution is -0.152. The lowest BCUT2D eigenvalue weighted by Crippen LogP contribution is -2.45. The van der Waals surface area contributed by atoms with Gasteiger partial charge in [-0.1, -0.05) is 29.8 Å². The summed E-state index contributed by atoms with van der Waals surface area (Å²) in [4.78, 5) is 30.1. The number of aryl methyl sites for hydroxylation is 2. The van der Waals surface area contributed by atoms with Crippen molar-refractivity contribution in [2.24, 2.45) is 5.92 Å². The Hall–Kier alpha value is -2.63.